The van der Waals surface area contributed by atoms with Crippen molar-refractivity contribution in [2.75, 3.05) is 13.1 Å². The van der Waals surface area contributed by atoms with Crippen LogP contribution >= 0.6 is 0 Å². The number of nitrogens with zero attached hydrogens (tertiary/aromatic N) is 1. The molecule has 0 aromatic rings. The van der Waals surface area contributed by atoms with Crippen molar-refractivity contribution in [3.63, 3.8) is 0 Å². The van der Waals surface area contributed by atoms with E-state index in [1.54, 1.807) is 0 Å². The van der Waals surface area contributed by atoms with Crippen LogP contribution in [0.3, 0.4) is 0 Å². The molecule has 6 nitrogen and oxygen atoms in total. The molecule has 3 N–H and O–H groups in total. The number of alkyl halides is 3. The monoisotopic (exact) mass is 370 g/mol. The number of carboxylic acid groups (broad SMARTS) is 1. The van der Waals surface area contributed by atoms with Gasteiger partial charge in [0.05, 0.1) is 0 Å². The summed E-state index contributed by atoms with van der Waals surface area (Å²) in [7, 11) is 0. The van der Waals surface area contributed by atoms with Gasteiger partial charge in [-0.1, -0.05) is 41.5 Å². The lowest BCUT2D eigenvalue weighted by atomic mass is 9.84. The molecule has 1 fully saturated rings. The lowest BCUT2D eigenvalue weighted by Gasteiger charge is -2.24. The van der Waals surface area contributed by atoms with E-state index in [-0.39, 0.29) is 17.3 Å². The second-order valence-electron chi connectivity index (χ2n) is 7.87. The van der Waals surface area contributed by atoms with Crippen molar-refractivity contribution >= 4 is 18.3 Å². The molecule has 1 unspecified atom stereocenters. The van der Waals surface area contributed by atoms with Crippen molar-refractivity contribution in [3.05, 3.63) is 0 Å². The van der Waals surface area contributed by atoms with Crippen LogP contribution in [0.4, 0.5) is 13.2 Å². The molecule has 1 rings (SSSR count). The Morgan fingerprint density at radius 3 is 1.84 bits per heavy atom. The van der Waals surface area contributed by atoms with E-state index in [2.05, 4.69) is 47.3 Å². The smallest absolute Gasteiger partial charge is 0.470 e. The largest absolute Gasteiger partial charge is 0.483 e. The summed E-state index contributed by atoms with van der Waals surface area (Å²) in [5, 5.41) is 6.89. The number of carbonyl (C=O) groups is 3. The van der Waals surface area contributed by atoms with Gasteiger partial charge in [0, 0.05) is 19.5 Å². The zero-order valence-electron chi connectivity index (χ0n) is 15.6. The fourth-order valence-electron chi connectivity index (χ4n) is 2.05. The number of likely N-dealkylation sites (tertiary alicyclic amines) is 1. The molecule has 0 aromatic carbocycles. The standard InChI is InChI=1S/C13H25NO.C2H2F3NO.CH2O2/c1-10-8-14(9-13(10,5)6)11(15)7-12(2,3)4;3-2(4,5)1(6)7;2-1-3/h10H,7-9H2,1-6H3;(H2,6,7);1H,(H,2,3). The van der Waals surface area contributed by atoms with Crippen molar-refractivity contribution in [2.24, 2.45) is 22.5 Å². The predicted octanol–water partition coefficient (Wildman–Crippen LogP) is 2.66. The third-order valence-electron chi connectivity index (χ3n) is 3.74. The first-order valence-corrected chi connectivity index (χ1v) is 7.70. The van der Waals surface area contributed by atoms with Gasteiger partial charge in [-0.3, -0.25) is 14.4 Å². The normalized spacial score (nSPS) is 19.1. The minimum atomic E-state index is -4.86. The molecule has 2 amide bonds. The number of rotatable bonds is 1. The van der Waals surface area contributed by atoms with Gasteiger partial charge in [-0.15, -0.1) is 0 Å². The van der Waals surface area contributed by atoms with Gasteiger partial charge in [0.2, 0.25) is 5.91 Å². The predicted molar refractivity (Wildman–Crippen MR) is 87.5 cm³/mol. The molecule has 0 spiro atoms. The molecule has 0 radical (unpaired) electrons. The van der Waals surface area contributed by atoms with E-state index < -0.39 is 12.1 Å². The Hall–Kier alpha value is -1.80. The number of hydrogen-bond acceptors (Lipinski definition) is 3. The van der Waals surface area contributed by atoms with E-state index in [1.165, 1.54) is 0 Å². The summed E-state index contributed by atoms with van der Waals surface area (Å²) in [5.41, 5.74) is 4.20. The highest BCUT2D eigenvalue weighted by molar-refractivity contribution is 5.79. The maximum absolute atomic E-state index is 12.0. The second-order valence-corrected chi connectivity index (χ2v) is 7.87. The van der Waals surface area contributed by atoms with Crippen LogP contribution in [0.25, 0.3) is 0 Å². The van der Waals surface area contributed by atoms with Crippen LogP contribution in [0.1, 0.15) is 48.0 Å². The van der Waals surface area contributed by atoms with Crippen LogP contribution in [-0.4, -0.2) is 47.6 Å². The molecule has 0 bridgehead atoms. The van der Waals surface area contributed by atoms with Gasteiger partial charge in [0.15, 0.2) is 0 Å². The molecule has 1 saturated heterocycles. The van der Waals surface area contributed by atoms with E-state index in [1.807, 2.05) is 4.90 Å². The molecule has 0 saturated carbocycles. The summed E-state index contributed by atoms with van der Waals surface area (Å²) in [6, 6.07) is 0. The van der Waals surface area contributed by atoms with Crippen molar-refractivity contribution in [1.82, 2.24) is 4.90 Å². The topological polar surface area (TPSA) is 101 Å². The number of hydrogen-bond donors (Lipinski definition) is 2. The molecule has 1 atom stereocenters. The first kappa shape index (κ1) is 25.4. The molecular formula is C16H29F3N2O4. The van der Waals surface area contributed by atoms with Crippen LogP contribution in [0.15, 0.2) is 0 Å². The Bertz CT molecular complexity index is 457. The van der Waals surface area contributed by atoms with Crippen molar-refractivity contribution in [2.45, 2.75) is 54.1 Å². The zero-order chi connectivity index (χ0) is 20.6. The third kappa shape index (κ3) is 11.4. The molecule has 0 aliphatic carbocycles. The van der Waals surface area contributed by atoms with Gasteiger partial charge in [-0.2, -0.15) is 13.2 Å². The van der Waals surface area contributed by atoms with E-state index in [9.17, 15) is 18.0 Å². The number of halogens is 3. The Balaban J connectivity index is 0. The molecule has 0 aromatic heterocycles. The molecule has 9 heteroatoms. The van der Waals surface area contributed by atoms with Gasteiger partial charge >= 0.3 is 12.1 Å². The SMILES string of the molecule is CC1CN(C(=O)CC(C)(C)C)CC1(C)C.NC(=O)C(F)(F)F.O=CO. The highest BCUT2D eigenvalue weighted by Crippen LogP contribution is 2.35. The van der Waals surface area contributed by atoms with E-state index in [0.29, 0.717) is 18.2 Å². The van der Waals surface area contributed by atoms with Gasteiger partial charge < -0.3 is 15.7 Å². The van der Waals surface area contributed by atoms with Crippen molar-refractivity contribution < 1.29 is 32.7 Å². The first-order chi connectivity index (χ1) is 11.0. The van der Waals surface area contributed by atoms with Gasteiger partial charge in [-0.05, 0) is 16.7 Å². The van der Waals surface area contributed by atoms with E-state index >= 15 is 0 Å². The Morgan fingerprint density at radius 1 is 1.28 bits per heavy atom. The number of primary amides is 1. The quantitative estimate of drug-likeness (QED) is 0.693. The summed E-state index contributed by atoms with van der Waals surface area (Å²) in [5.74, 6) is -1.33. The third-order valence-corrected chi connectivity index (χ3v) is 3.74. The van der Waals surface area contributed by atoms with E-state index in [4.69, 9.17) is 14.7 Å². The number of carbonyl (C=O) groups excluding carboxylic acids is 2. The molecule has 1 heterocycles. The van der Waals surface area contributed by atoms with Crippen molar-refractivity contribution in [3.8, 4) is 0 Å². The van der Waals surface area contributed by atoms with Crippen molar-refractivity contribution in [1.29, 1.82) is 0 Å². The van der Waals surface area contributed by atoms with Crippen LogP contribution < -0.4 is 5.73 Å². The van der Waals surface area contributed by atoms with Gasteiger partial charge in [0.25, 0.3) is 6.47 Å². The van der Waals surface area contributed by atoms with Crippen LogP contribution in [0, 0.1) is 16.7 Å². The maximum Gasteiger partial charge on any atom is 0.470 e. The van der Waals surface area contributed by atoms with Crippen LogP contribution in [0.5, 0.6) is 0 Å². The average Bonchev–Trinajstić information content (AvgIpc) is 2.62. The Morgan fingerprint density at radius 2 is 1.64 bits per heavy atom. The summed E-state index contributed by atoms with van der Waals surface area (Å²) in [6.45, 7) is 14.7. The molecule has 25 heavy (non-hydrogen) atoms. The van der Waals surface area contributed by atoms with Crippen LogP contribution in [0.2, 0.25) is 0 Å². The average molecular weight is 370 g/mol. The highest BCUT2D eigenvalue weighted by Gasteiger charge is 2.38. The second kappa shape index (κ2) is 9.62. The Kier molecular flexibility index (Phi) is 9.79. The lowest BCUT2D eigenvalue weighted by Crippen LogP contribution is -2.32. The minimum Gasteiger partial charge on any atom is -0.483 e. The summed E-state index contributed by atoms with van der Waals surface area (Å²) in [6.07, 6.45) is -4.20. The van der Waals surface area contributed by atoms with Gasteiger partial charge in [0.1, 0.15) is 0 Å². The molecule has 1 aliphatic heterocycles. The lowest BCUT2D eigenvalue weighted by molar-refractivity contribution is -0.169. The summed E-state index contributed by atoms with van der Waals surface area (Å²) >= 11 is 0. The highest BCUT2D eigenvalue weighted by atomic mass is 19.4. The minimum absolute atomic E-state index is 0.104. The fourth-order valence-corrected chi connectivity index (χ4v) is 2.05. The summed E-state index contributed by atoms with van der Waals surface area (Å²) < 4.78 is 32.1. The van der Waals surface area contributed by atoms with E-state index in [0.717, 1.165) is 13.1 Å². The number of amides is 2. The summed E-state index contributed by atoms with van der Waals surface area (Å²) in [4.78, 5) is 31.5. The zero-order valence-corrected chi connectivity index (χ0v) is 15.6. The fraction of sp³-hybridized carbons (Fsp3) is 0.812. The molecule has 148 valence electrons. The molecular weight excluding hydrogens is 341 g/mol. The van der Waals surface area contributed by atoms with Gasteiger partial charge in [-0.25, -0.2) is 0 Å². The van der Waals surface area contributed by atoms with Crippen LogP contribution in [-0.2, 0) is 14.4 Å². The molecule has 1 aliphatic rings. The first-order valence-electron chi connectivity index (χ1n) is 7.70. The maximum atomic E-state index is 12.0. The number of nitrogens with two attached hydrogens (primary N) is 1. The Labute approximate surface area is 146 Å².